The number of fused-ring (bicyclic) bond motifs is 1. The minimum Gasteiger partial charge on any atom is -0.493 e. The second-order valence-corrected chi connectivity index (χ2v) is 8.24. The summed E-state index contributed by atoms with van der Waals surface area (Å²) < 4.78 is 25.8. The van der Waals surface area contributed by atoms with Gasteiger partial charge in [-0.15, -0.1) is 0 Å². The van der Waals surface area contributed by atoms with E-state index in [1.54, 1.807) is 0 Å². The van der Waals surface area contributed by atoms with Crippen LogP contribution in [0.25, 0.3) is 11.1 Å². The van der Waals surface area contributed by atoms with Gasteiger partial charge >= 0.3 is 6.09 Å². The molecule has 1 atom stereocenters. The largest absolute Gasteiger partial charge is 0.493 e. The third-order valence-corrected chi connectivity index (χ3v) is 4.85. The minimum atomic E-state index is -0.845. The molecule has 27 heavy (non-hydrogen) atoms. The van der Waals surface area contributed by atoms with Crippen molar-refractivity contribution in [3.63, 3.8) is 0 Å². The van der Waals surface area contributed by atoms with Crippen molar-refractivity contribution in [3.8, 4) is 16.9 Å². The maximum atomic E-state index is 14.8. The lowest BCUT2D eigenvalue weighted by Crippen LogP contribution is -2.25. The molecule has 0 radical (unpaired) electrons. The second-order valence-electron chi connectivity index (χ2n) is 8.24. The van der Waals surface area contributed by atoms with Crippen LogP contribution in [-0.4, -0.2) is 12.7 Å². The maximum absolute atomic E-state index is 14.8. The number of primary amides is 1. The molecule has 0 aromatic heterocycles. The van der Waals surface area contributed by atoms with Crippen LogP contribution in [0.15, 0.2) is 36.4 Å². The third-order valence-electron chi connectivity index (χ3n) is 4.85. The van der Waals surface area contributed by atoms with Gasteiger partial charge in [0.05, 0.1) is 6.61 Å². The predicted molar refractivity (Wildman–Crippen MR) is 103 cm³/mol. The van der Waals surface area contributed by atoms with E-state index in [1.165, 1.54) is 6.07 Å². The smallest absolute Gasteiger partial charge is 0.405 e. The molecule has 1 amide bonds. The Labute approximate surface area is 159 Å². The van der Waals surface area contributed by atoms with Crippen molar-refractivity contribution in [2.24, 2.45) is 17.1 Å². The first kappa shape index (κ1) is 19.2. The Balaban J connectivity index is 1.90. The molecular formula is C22H26FNO3. The number of carbonyl (C=O) groups is 1. The van der Waals surface area contributed by atoms with Crippen LogP contribution < -0.4 is 10.5 Å². The Morgan fingerprint density at radius 1 is 1.26 bits per heavy atom. The standard InChI is InChI=1S/C22H26FNO3/c1-13(2)12-26-16-7-5-14(6-8-16)17-9-15-11-22(3,4)20(27-21(24)25)18(15)10-19(17)23/h5-10,13,20H,11-12H2,1-4H3,(H2,24,25)/t20-/m0/s1. The lowest BCUT2D eigenvalue weighted by Gasteiger charge is -2.26. The summed E-state index contributed by atoms with van der Waals surface area (Å²) in [6.45, 7) is 8.79. The number of halogens is 1. The van der Waals surface area contributed by atoms with Gasteiger partial charge < -0.3 is 15.2 Å². The van der Waals surface area contributed by atoms with Crippen molar-refractivity contribution in [3.05, 3.63) is 53.3 Å². The number of amides is 1. The van der Waals surface area contributed by atoms with Gasteiger partial charge in [0.1, 0.15) is 17.7 Å². The summed E-state index contributed by atoms with van der Waals surface area (Å²) in [7, 11) is 0. The normalized spacial score (nSPS) is 17.6. The summed E-state index contributed by atoms with van der Waals surface area (Å²) in [6, 6.07) is 10.7. The van der Waals surface area contributed by atoms with Crippen LogP contribution in [0.1, 0.15) is 44.9 Å². The van der Waals surface area contributed by atoms with E-state index in [4.69, 9.17) is 15.2 Å². The number of carbonyl (C=O) groups excluding carboxylic acids is 1. The molecule has 4 nitrogen and oxygen atoms in total. The predicted octanol–water partition coefficient (Wildman–Crippen LogP) is 5.25. The molecule has 5 heteroatoms. The van der Waals surface area contributed by atoms with Crippen molar-refractivity contribution < 1.29 is 18.7 Å². The van der Waals surface area contributed by atoms with Crippen LogP contribution in [0.3, 0.4) is 0 Å². The van der Waals surface area contributed by atoms with E-state index in [0.717, 1.165) is 16.9 Å². The monoisotopic (exact) mass is 371 g/mol. The van der Waals surface area contributed by atoms with E-state index < -0.39 is 12.2 Å². The van der Waals surface area contributed by atoms with E-state index in [9.17, 15) is 9.18 Å². The van der Waals surface area contributed by atoms with Crippen LogP contribution >= 0.6 is 0 Å². The average molecular weight is 371 g/mol. The molecule has 0 saturated carbocycles. The molecule has 0 unspecified atom stereocenters. The fraction of sp³-hybridized carbons (Fsp3) is 0.409. The Kier molecular flexibility index (Phi) is 5.13. The van der Waals surface area contributed by atoms with Gasteiger partial charge in [0.2, 0.25) is 0 Å². The molecule has 3 rings (SSSR count). The fourth-order valence-electron chi connectivity index (χ4n) is 3.59. The first-order valence-corrected chi connectivity index (χ1v) is 9.19. The molecule has 0 heterocycles. The summed E-state index contributed by atoms with van der Waals surface area (Å²) in [5.74, 6) is 0.864. The van der Waals surface area contributed by atoms with E-state index >= 15 is 0 Å². The molecule has 0 fully saturated rings. The van der Waals surface area contributed by atoms with Crippen molar-refractivity contribution >= 4 is 6.09 Å². The SMILES string of the molecule is CC(C)COc1ccc(-c2cc3c(cc2F)[C@H](OC(N)=O)C(C)(C)C3)cc1. The topological polar surface area (TPSA) is 61.6 Å². The molecule has 1 aliphatic rings. The van der Waals surface area contributed by atoms with Gasteiger partial charge in [0.25, 0.3) is 0 Å². The van der Waals surface area contributed by atoms with Gasteiger partial charge in [-0.2, -0.15) is 0 Å². The first-order valence-electron chi connectivity index (χ1n) is 9.19. The van der Waals surface area contributed by atoms with Crippen molar-refractivity contribution in [1.82, 2.24) is 0 Å². The summed E-state index contributed by atoms with van der Waals surface area (Å²) in [6.07, 6.45) is -0.703. The molecule has 0 bridgehead atoms. The highest BCUT2D eigenvalue weighted by atomic mass is 19.1. The van der Waals surface area contributed by atoms with Crippen LogP contribution in [0.2, 0.25) is 0 Å². The zero-order chi connectivity index (χ0) is 19.8. The highest BCUT2D eigenvalue weighted by molar-refractivity contribution is 5.68. The zero-order valence-corrected chi connectivity index (χ0v) is 16.2. The molecule has 2 N–H and O–H groups in total. The highest BCUT2D eigenvalue weighted by Gasteiger charge is 2.42. The Morgan fingerprint density at radius 2 is 1.93 bits per heavy atom. The zero-order valence-electron chi connectivity index (χ0n) is 16.2. The second kappa shape index (κ2) is 7.22. The lowest BCUT2D eigenvalue weighted by molar-refractivity contribution is 0.0391. The van der Waals surface area contributed by atoms with Gasteiger partial charge in [0.15, 0.2) is 0 Å². The molecule has 1 aliphatic carbocycles. The number of ether oxygens (including phenoxy) is 2. The number of hydrogen-bond donors (Lipinski definition) is 1. The van der Waals surface area contributed by atoms with Gasteiger partial charge in [0, 0.05) is 11.0 Å². The van der Waals surface area contributed by atoms with Crippen molar-refractivity contribution in [2.75, 3.05) is 6.61 Å². The molecule has 0 aliphatic heterocycles. The van der Waals surface area contributed by atoms with E-state index in [2.05, 4.69) is 13.8 Å². The fourth-order valence-corrected chi connectivity index (χ4v) is 3.59. The van der Waals surface area contributed by atoms with Gasteiger partial charge in [-0.3, -0.25) is 0 Å². The van der Waals surface area contributed by atoms with Gasteiger partial charge in [-0.1, -0.05) is 39.8 Å². The average Bonchev–Trinajstić information content (AvgIpc) is 2.82. The summed E-state index contributed by atoms with van der Waals surface area (Å²) in [5, 5.41) is 0. The molecule has 144 valence electrons. The molecule has 2 aromatic carbocycles. The number of benzene rings is 2. The summed E-state index contributed by atoms with van der Waals surface area (Å²) >= 11 is 0. The number of rotatable bonds is 5. The van der Waals surface area contributed by atoms with E-state index in [1.807, 2.05) is 44.2 Å². The molecule has 2 aromatic rings. The van der Waals surface area contributed by atoms with E-state index in [0.29, 0.717) is 30.1 Å². The van der Waals surface area contributed by atoms with Crippen molar-refractivity contribution in [1.29, 1.82) is 0 Å². The molecule has 0 spiro atoms. The number of nitrogens with two attached hydrogens (primary N) is 1. The van der Waals surface area contributed by atoms with Crippen LogP contribution in [0.5, 0.6) is 5.75 Å². The quantitative estimate of drug-likeness (QED) is 0.781. The van der Waals surface area contributed by atoms with E-state index in [-0.39, 0.29) is 11.2 Å². The van der Waals surface area contributed by atoms with Gasteiger partial charge in [-0.25, -0.2) is 9.18 Å². The molecular weight excluding hydrogens is 345 g/mol. The lowest BCUT2D eigenvalue weighted by atomic mass is 9.87. The highest BCUT2D eigenvalue weighted by Crippen LogP contribution is 2.48. The summed E-state index contributed by atoms with van der Waals surface area (Å²) in [4.78, 5) is 11.2. The van der Waals surface area contributed by atoms with Crippen LogP contribution in [0.4, 0.5) is 9.18 Å². The van der Waals surface area contributed by atoms with Gasteiger partial charge in [-0.05, 0) is 53.3 Å². The third kappa shape index (κ3) is 4.07. The van der Waals surface area contributed by atoms with Crippen LogP contribution in [-0.2, 0) is 11.2 Å². The molecule has 0 saturated heterocycles. The Bertz CT molecular complexity index is 843. The van der Waals surface area contributed by atoms with Crippen molar-refractivity contribution in [2.45, 2.75) is 40.2 Å². The Hall–Kier alpha value is -2.56. The maximum Gasteiger partial charge on any atom is 0.405 e. The Morgan fingerprint density at radius 3 is 2.52 bits per heavy atom. The number of hydrogen-bond acceptors (Lipinski definition) is 3. The summed E-state index contributed by atoms with van der Waals surface area (Å²) in [5.41, 5.74) is 7.84. The van der Waals surface area contributed by atoms with Crippen LogP contribution in [0, 0.1) is 17.2 Å². The first-order chi connectivity index (χ1) is 12.7. The minimum absolute atomic E-state index is 0.336.